The van der Waals surface area contributed by atoms with Gasteiger partial charge in [-0.1, -0.05) is 0 Å². The molecule has 19 heavy (non-hydrogen) atoms. The van der Waals surface area contributed by atoms with E-state index in [9.17, 15) is 19.2 Å². The molecular formula is C10H17N3O6. The molecule has 0 saturated carbocycles. The third-order valence-electron chi connectivity index (χ3n) is 1.93. The molecule has 5 N–H and O–H groups in total. The Hall–Kier alpha value is -2.32. The van der Waals surface area contributed by atoms with Gasteiger partial charge >= 0.3 is 18.1 Å². The summed E-state index contributed by atoms with van der Waals surface area (Å²) in [5, 5.41) is 12.7. The molecule has 0 spiro atoms. The number of carbonyl (C=O) groups excluding carboxylic acids is 3. The Morgan fingerprint density at radius 1 is 1.11 bits per heavy atom. The van der Waals surface area contributed by atoms with Crippen molar-refractivity contribution in [3.05, 3.63) is 0 Å². The molecule has 0 fully saturated rings. The average Bonchev–Trinajstić information content (AvgIpc) is 2.30. The van der Waals surface area contributed by atoms with Crippen LogP contribution in [0.4, 0.5) is 9.59 Å². The van der Waals surface area contributed by atoms with Crippen LogP contribution < -0.4 is 16.4 Å². The Kier molecular flexibility index (Phi) is 8.50. The second-order valence-electron chi connectivity index (χ2n) is 3.57. The molecule has 0 bridgehead atoms. The van der Waals surface area contributed by atoms with Gasteiger partial charge in [-0.25, -0.2) is 9.59 Å². The number of hydrogen-bond donors (Lipinski definition) is 4. The van der Waals surface area contributed by atoms with Gasteiger partial charge in [-0.3, -0.25) is 14.9 Å². The fourth-order valence-electron chi connectivity index (χ4n) is 1.11. The lowest BCUT2D eigenvalue weighted by Crippen LogP contribution is -2.41. The van der Waals surface area contributed by atoms with Crippen LogP contribution in [0.25, 0.3) is 0 Å². The van der Waals surface area contributed by atoms with Gasteiger partial charge < -0.3 is 20.9 Å². The molecule has 0 heterocycles. The number of amides is 4. The smallest absolute Gasteiger partial charge is 0.404 e. The number of ether oxygens (including phenoxy) is 1. The largest absolute Gasteiger partial charge is 0.481 e. The first-order valence-corrected chi connectivity index (χ1v) is 5.63. The molecule has 0 aromatic rings. The highest BCUT2D eigenvalue weighted by Gasteiger charge is 2.07. The Bertz CT molecular complexity index is 312. The molecule has 0 aliphatic carbocycles. The predicted octanol–water partition coefficient (Wildman–Crippen LogP) is -0.447. The van der Waals surface area contributed by atoms with Gasteiger partial charge in [-0.2, -0.15) is 0 Å². The number of urea groups is 1. The number of unbranched alkanes of at least 4 members (excludes halogenated alkanes) is 1. The minimum Gasteiger partial charge on any atom is -0.481 e. The minimum absolute atomic E-state index is 0.00999. The van der Waals surface area contributed by atoms with E-state index in [-0.39, 0.29) is 26.0 Å². The number of primary amides is 1. The summed E-state index contributed by atoms with van der Waals surface area (Å²) in [4.78, 5) is 42.7. The van der Waals surface area contributed by atoms with Crippen molar-refractivity contribution in [2.24, 2.45) is 5.73 Å². The molecule has 0 atom stereocenters. The molecule has 9 nitrogen and oxygen atoms in total. The normalized spacial score (nSPS) is 9.47. The van der Waals surface area contributed by atoms with Crippen molar-refractivity contribution in [1.82, 2.24) is 10.6 Å². The number of carbonyl (C=O) groups is 4. The van der Waals surface area contributed by atoms with Gasteiger partial charge in [0.1, 0.15) is 6.61 Å². The third kappa shape index (κ3) is 11.9. The highest BCUT2D eigenvalue weighted by molar-refractivity contribution is 5.94. The van der Waals surface area contributed by atoms with Crippen LogP contribution in [0, 0.1) is 0 Å². The number of hydrogen-bond acceptors (Lipinski definition) is 5. The van der Waals surface area contributed by atoms with Crippen LogP contribution in [0.5, 0.6) is 0 Å². The standard InChI is InChI=1S/C10H17N3O6/c11-9(17)19-6-5-12-10(18)13-7(14)3-1-2-4-8(15)16/h1-6H2,(H2,11,17)(H,15,16)(H2,12,13,14,18). The van der Waals surface area contributed by atoms with Crippen LogP contribution in [0.2, 0.25) is 0 Å². The van der Waals surface area contributed by atoms with E-state index >= 15 is 0 Å². The van der Waals surface area contributed by atoms with Crippen LogP contribution in [-0.2, 0) is 14.3 Å². The quantitative estimate of drug-likeness (QED) is 0.441. The number of aliphatic carboxylic acids is 1. The highest BCUT2D eigenvalue weighted by atomic mass is 16.5. The van der Waals surface area contributed by atoms with Gasteiger partial charge in [-0.05, 0) is 12.8 Å². The summed E-state index contributed by atoms with van der Waals surface area (Å²) >= 11 is 0. The zero-order valence-electron chi connectivity index (χ0n) is 10.3. The Labute approximate surface area is 109 Å². The van der Waals surface area contributed by atoms with Crippen molar-refractivity contribution >= 4 is 24.0 Å². The zero-order chi connectivity index (χ0) is 14.7. The number of imide groups is 1. The minimum atomic E-state index is -0.947. The van der Waals surface area contributed by atoms with E-state index in [4.69, 9.17) is 10.8 Å². The second kappa shape index (κ2) is 9.68. The molecule has 0 saturated heterocycles. The number of carboxylic acid groups (broad SMARTS) is 1. The van der Waals surface area contributed by atoms with Crippen LogP contribution in [0.15, 0.2) is 0 Å². The summed E-state index contributed by atoms with van der Waals surface area (Å²) in [6, 6.07) is -0.712. The Balaban J connectivity index is 3.55. The first kappa shape index (κ1) is 16.7. The van der Waals surface area contributed by atoms with E-state index < -0.39 is 24.0 Å². The molecule has 0 unspecified atom stereocenters. The van der Waals surface area contributed by atoms with Crippen LogP contribution >= 0.6 is 0 Å². The molecule has 0 rings (SSSR count). The van der Waals surface area contributed by atoms with Crippen molar-refractivity contribution in [2.45, 2.75) is 25.7 Å². The van der Waals surface area contributed by atoms with E-state index in [2.05, 4.69) is 10.1 Å². The first-order valence-electron chi connectivity index (χ1n) is 5.63. The number of carboxylic acids is 1. The van der Waals surface area contributed by atoms with Crippen molar-refractivity contribution in [3.63, 3.8) is 0 Å². The van der Waals surface area contributed by atoms with E-state index in [0.717, 1.165) is 0 Å². The van der Waals surface area contributed by atoms with E-state index in [1.807, 2.05) is 5.32 Å². The lowest BCUT2D eigenvalue weighted by atomic mass is 10.2. The van der Waals surface area contributed by atoms with Gasteiger partial charge in [0.15, 0.2) is 0 Å². The molecule has 0 radical (unpaired) electrons. The summed E-state index contributed by atoms with van der Waals surface area (Å²) in [7, 11) is 0. The Morgan fingerprint density at radius 3 is 2.32 bits per heavy atom. The van der Waals surface area contributed by atoms with E-state index in [1.54, 1.807) is 0 Å². The molecule has 108 valence electrons. The van der Waals surface area contributed by atoms with E-state index in [0.29, 0.717) is 12.8 Å². The summed E-state index contributed by atoms with van der Waals surface area (Å²) in [5.74, 6) is -1.42. The molecule has 0 aromatic heterocycles. The van der Waals surface area contributed by atoms with Crippen molar-refractivity contribution in [3.8, 4) is 0 Å². The number of rotatable bonds is 8. The highest BCUT2D eigenvalue weighted by Crippen LogP contribution is 1.99. The van der Waals surface area contributed by atoms with Crippen LogP contribution in [0.3, 0.4) is 0 Å². The molecule has 0 aliphatic heterocycles. The monoisotopic (exact) mass is 275 g/mol. The van der Waals surface area contributed by atoms with Crippen molar-refractivity contribution in [1.29, 1.82) is 0 Å². The fourth-order valence-corrected chi connectivity index (χ4v) is 1.11. The molecule has 9 heteroatoms. The summed E-state index contributed by atoms with van der Waals surface area (Å²) < 4.78 is 4.35. The van der Waals surface area contributed by atoms with Gasteiger partial charge in [0.25, 0.3) is 0 Å². The van der Waals surface area contributed by atoms with E-state index in [1.165, 1.54) is 0 Å². The van der Waals surface area contributed by atoms with Gasteiger partial charge in [0, 0.05) is 12.8 Å². The van der Waals surface area contributed by atoms with Crippen LogP contribution in [0.1, 0.15) is 25.7 Å². The maximum atomic E-state index is 11.2. The Morgan fingerprint density at radius 2 is 1.74 bits per heavy atom. The molecule has 0 aromatic carbocycles. The summed E-state index contributed by atoms with van der Waals surface area (Å²) in [6.45, 7) is -0.0589. The molecular weight excluding hydrogens is 258 g/mol. The number of nitrogens with one attached hydrogen (secondary N) is 2. The van der Waals surface area contributed by atoms with Crippen LogP contribution in [-0.4, -0.2) is 42.3 Å². The predicted molar refractivity (Wildman–Crippen MR) is 63.2 cm³/mol. The summed E-state index contributed by atoms with van der Waals surface area (Å²) in [6.07, 6.45) is -0.133. The zero-order valence-corrected chi connectivity index (χ0v) is 10.3. The first-order chi connectivity index (χ1) is 8.91. The topological polar surface area (TPSA) is 148 Å². The summed E-state index contributed by atoms with van der Waals surface area (Å²) in [5.41, 5.74) is 4.69. The third-order valence-corrected chi connectivity index (χ3v) is 1.93. The average molecular weight is 275 g/mol. The maximum Gasteiger partial charge on any atom is 0.404 e. The maximum absolute atomic E-state index is 11.2. The van der Waals surface area contributed by atoms with Crippen molar-refractivity contribution < 1.29 is 29.0 Å². The lowest BCUT2D eigenvalue weighted by molar-refractivity contribution is -0.137. The fraction of sp³-hybridized carbons (Fsp3) is 0.600. The lowest BCUT2D eigenvalue weighted by Gasteiger charge is -2.06. The van der Waals surface area contributed by atoms with Gasteiger partial charge in [0.2, 0.25) is 5.91 Å². The molecule has 4 amide bonds. The SMILES string of the molecule is NC(=O)OCCNC(=O)NC(=O)CCCCC(=O)O. The van der Waals surface area contributed by atoms with Gasteiger partial charge in [0.05, 0.1) is 6.54 Å². The number of nitrogens with two attached hydrogens (primary N) is 1. The van der Waals surface area contributed by atoms with Gasteiger partial charge in [-0.15, -0.1) is 0 Å². The second-order valence-corrected chi connectivity index (χ2v) is 3.57. The van der Waals surface area contributed by atoms with Crippen molar-refractivity contribution in [2.75, 3.05) is 13.2 Å². The molecule has 0 aliphatic rings.